The van der Waals surface area contributed by atoms with E-state index in [4.69, 9.17) is 0 Å². The van der Waals surface area contributed by atoms with Crippen molar-refractivity contribution in [3.8, 4) is 0 Å². The summed E-state index contributed by atoms with van der Waals surface area (Å²) in [5, 5.41) is 11.1. The molecule has 0 aliphatic carbocycles. The first-order chi connectivity index (χ1) is 15.4. The second-order valence-electron chi connectivity index (χ2n) is 7.62. The number of amides is 1. The van der Waals surface area contributed by atoms with Crippen molar-refractivity contribution in [1.29, 1.82) is 0 Å². The molecule has 0 unspecified atom stereocenters. The number of halogens is 1. The predicted octanol–water partition coefficient (Wildman–Crippen LogP) is 2.94. The van der Waals surface area contributed by atoms with E-state index >= 15 is 0 Å². The van der Waals surface area contributed by atoms with Crippen LogP contribution in [-0.4, -0.2) is 47.8 Å². The van der Waals surface area contributed by atoms with Crippen molar-refractivity contribution in [3.05, 3.63) is 83.2 Å². The van der Waals surface area contributed by atoms with Crippen molar-refractivity contribution in [1.82, 2.24) is 24.4 Å². The van der Waals surface area contributed by atoms with Crippen LogP contribution >= 0.6 is 0 Å². The Morgan fingerprint density at radius 2 is 2.03 bits per heavy atom. The molecule has 0 saturated carbocycles. The Hall–Kier alpha value is -3.88. The lowest BCUT2D eigenvalue weighted by molar-refractivity contribution is -0.139. The number of Topliss-reactive ketones (excluding diaryl/α,β-unsaturated/α-hetero) is 1. The molecule has 1 fully saturated rings. The van der Waals surface area contributed by atoms with Gasteiger partial charge in [-0.1, -0.05) is 12.1 Å². The maximum Gasteiger partial charge on any atom is 0.295 e. The minimum absolute atomic E-state index is 0.0983. The van der Waals surface area contributed by atoms with Gasteiger partial charge in [0.05, 0.1) is 29.2 Å². The van der Waals surface area contributed by atoms with Crippen molar-refractivity contribution in [2.24, 2.45) is 0 Å². The van der Waals surface area contributed by atoms with Gasteiger partial charge in [0.1, 0.15) is 17.4 Å². The van der Waals surface area contributed by atoms with E-state index in [1.54, 1.807) is 38.6 Å². The molecule has 1 atom stereocenters. The van der Waals surface area contributed by atoms with Crippen LogP contribution in [0.2, 0.25) is 0 Å². The van der Waals surface area contributed by atoms with Gasteiger partial charge < -0.3 is 14.6 Å². The Morgan fingerprint density at radius 1 is 1.22 bits per heavy atom. The van der Waals surface area contributed by atoms with E-state index in [0.29, 0.717) is 30.0 Å². The third-order valence-electron chi connectivity index (χ3n) is 5.43. The lowest BCUT2D eigenvalue weighted by atomic mass is 9.95. The van der Waals surface area contributed by atoms with Crippen molar-refractivity contribution < 1.29 is 19.1 Å². The van der Waals surface area contributed by atoms with Crippen molar-refractivity contribution in [2.45, 2.75) is 32.9 Å². The number of nitrogens with zero attached hydrogens (tertiary/aromatic N) is 5. The molecule has 1 saturated heterocycles. The molecule has 0 radical (unpaired) electrons. The molecule has 1 amide bonds. The van der Waals surface area contributed by atoms with Crippen LogP contribution in [0, 0.1) is 19.7 Å². The summed E-state index contributed by atoms with van der Waals surface area (Å²) >= 11 is 0. The lowest BCUT2D eigenvalue weighted by Crippen LogP contribution is -2.31. The molecule has 0 bridgehead atoms. The highest BCUT2D eigenvalue weighted by Gasteiger charge is 2.46. The van der Waals surface area contributed by atoms with Gasteiger partial charge in [-0.3, -0.25) is 9.59 Å². The van der Waals surface area contributed by atoms with Crippen LogP contribution in [-0.2, 0) is 16.1 Å². The fourth-order valence-electron chi connectivity index (χ4n) is 3.94. The molecule has 8 nitrogen and oxygen atoms in total. The van der Waals surface area contributed by atoms with Gasteiger partial charge in [-0.2, -0.15) is 0 Å². The molecule has 3 aromatic rings. The van der Waals surface area contributed by atoms with E-state index in [9.17, 15) is 19.1 Å². The van der Waals surface area contributed by atoms with E-state index in [2.05, 4.69) is 15.0 Å². The van der Waals surface area contributed by atoms with Gasteiger partial charge in [0.25, 0.3) is 11.7 Å². The molecule has 2 aromatic heterocycles. The van der Waals surface area contributed by atoms with Crippen LogP contribution < -0.4 is 0 Å². The molecule has 164 valence electrons. The Balaban J connectivity index is 1.76. The normalized spacial score (nSPS) is 17.8. The Morgan fingerprint density at radius 3 is 2.72 bits per heavy atom. The predicted molar refractivity (Wildman–Crippen MR) is 114 cm³/mol. The molecule has 1 aliphatic rings. The van der Waals surface area contributed by atoms with E-state index in [1.807, 2.05) is 4.57 Å². The summed E-state index contributed by atoms with van der Waals surface area (Å²) in [4.78, 5) is 39.7. The van der Waals surface area contributed by atoms with Crippen molar-refractivity contribution in [3.63, 3.8) is 0 Å². The fourth-order valence-corrected chi connectivity index (χ4v) is 3.94. The number of likely N-dealkylation sites (tertiary alicyclic amines) is 1. The number of aliphatic hydroxyl groups excluding tert-OH is 1. The van der Waals surface area contributed by atoms with Gasteiger partial charge >= 0.3 is 0 Å². The number of carbonyl (C=O) groups is 2. The molecule has 1 aliphatic heterocycles. The average molecular weight is 435 g/mol. The molecule has 3 heterocycles. The molecule has 0 spiro atoms. The van der Waals surface area contributed by atoms with Crippen LogP contribution in [0.5, 0.6) is 0 Å². The SMILES string of the molecule is Cc1ncc(/C(O)=C2\C(=O)C(=O)N(CCCn3ccnc3)[C@@H]2c2cccc(F)c2)c(C)n1. The van der Waals surface area contributed by atoms with Crippen LogP contribution in [0.25, 0.3) is 5.76 Å². The van der Waals surface area contributed by atoms with Crippen LogP contribution in [0.4, 0.5) is 4.39 Å². The zero-order valence-electron chi connectivity index (χ0n) is 17.7. The van der Waals surface area contributed by atoms with Gasteiger partial charge in [0, 0.05) is 31.7 Å². The molecule has 1 N–H and O–H groups in total. The smallest absolute Gasteiger partial charge is 0.295 e. The van der Waals surface area contributed by atoms with Crippen molar-refractivity contribution >= 4 is 17.4 Å². The molecule has 9 heteroatoms. The monoisotopic (exact) mass is 435 g/mol. The highest BCUT2D eigenvalue weighted by molar-refractivity contribution is 6.46. The Bertz CT molecular complexity index is 1210. The maximum absolute atomic E-state index is 14.0. The quantitative estimate of drug-likeness (QED) is 0.363. The van der Waals surface area contributed by atoms with E-state index in [0.717, 1.165) is 0 Å². The molecular weight excluding hydrogens is 413 g/mol. The van der Waals surface area contributed by atoms with E-state index in [1.165, 1.54) is 29.3 Å². The Kier molecular flexibility index (Phi) is 5.81. The average Bonchev–Trinajstić information content (AvgIpc) is 3.35. The standard InChI is InChI=1S/C23H22FN5O3/c1-14-18(12-26-15(2)27-14)21(30)19-20(16-5-3-6-17(24)11-16)29(23(32)22(19)31)9-4-8-28-10-7-25-13-28/h3,5-7,10-13,20,30H,4,8-9H2,1-2H3/b21-19+/t20-/m1/s1. The van der Waals surface area contributed by atoms with Gasteiger partial charge in [0.15, 0.2) is 0 Å². The van der Waals surface area contributed by atoms with Crippen LogP contribution in [0.15, 0.2) is 54.8 Å². The maximum atomic E-state index is 14.0. The summed E-state index contributed by atoms with van der Waals surface area (Å²) in [6.45, 7) is 4.22. The summed E-state index contributed by atoms with van der Waals surface area (Å²) in [5.74, 6) is -1.91. The Labute approximate surface area is 184 Å². The highest BCUT2D eigenvalue weighted by Crippen LogP contribution is 2.39. The first kappa shape index (κ1) is 21.4. The third kappa shape index (κ3) is 4.01. The zero-order chi connectivity index (χ0) is 22.8. The number of imidazole rings is 1. The first-order valence-corrected chi connectivity index (χ1v) is 10.2. The van der Waals surface area contributed by atoms with Gasteiger partial charge in [-0.15, -0.1) is 0 Å². The number of aromatic nitrogens is 4. The number of aryl methyl sites for hydroxylation is 3. The number of carbonyl (C=O) groups excluding carboxylic acids is 2. The molecule has 1 aromatic carbocycles. The number of hydrogen-bond acceptors (Lipinski definition) is 6. The molecular formula is C23H22FN5O3. The lowest BCUT2D eigenvalue weighted by Gasteiger charge is -2.25. The third-order valence-corrected chi connectivity index (χ3v) is 5.43. The number of aliphatic hydroxyl groups is 1. The molecule has 4 rings (SSSR count). The fraction of sp³-hybridized carbons (Fsp3) is 0.261. The highest BCUT2D eigenvalue weighted by atomic mass is 19.1. The second kappa shape index (κ2) is 8.70. The van der Waals surface area contributed by atoms with Crippen molar-refractivity contribution in [2.75, 3.05) is 6.54 Å². The summed E-state index contributed by atoms with van der Waals surface area (Å²) < 4.78 is 15.9. The van der Waals surface area contributed by atoms with Gasteiger partial charge in [-0.25, -0.2) is 19.3 Å². The van der Waals surface area contributed by atoms with Gasteiger partial charge in [0.2, 0.25) is 0 Å². The summed E-state index contributed by atoms with van der Waals surface area (Å²) in [6, 6.07) is 4.78. The second-order valence-corrected chi connectivity index (χ2v) is 7.62. The van der Waals surface area contributed by atoms with E-state index in [-0.39, 0.29) is 23.4 Å². The summed E-state index contributed by atoms with van der Waals surface area (Å²) in [5.41, 5.74) is 1.03. The van der Waals surface area contributed by atoms with E-state index < -0.39 is 23.5 Å². The topological polar surface area (TPSA) is 101 Å². The number of hydrogen-bond donors (Lipinski definition) is 1. The largest absolute Gasteiger partial charge is 0.507 e. The number of benzene rings is 1. The van der Waals surface area contributed by atoms with Crippen LogP contribution in [0.1, 0.15) is 35.1 Å². The number of ketones is 1. The number of rotatable bonds is 6. The van der Waals surface area contributed by atoms with Gasteiger partial charge in [-0.05, 0) is 38.0 Å². The van der Waals surface area contributed by atoms with Crippen LogP contribution in [0.3, 0.4) is 0 Å². The minimum Gasteiger partial charge on any atom is -0.507 e. The summed E-state index contributed by atoms with van der Waals surface area (Å²) in [7, 11) is 0. The first-order valence-electron chi connectivity index (χ1n) is 10.2. The minimum atomic E-state index is -0.922. The summed E-state index contributed by atoms with van der Waals surface area (Å²) in [6.07, 6.45) is 7.09. The molecule has 32 heavy (non-hydrogen) atoms. The zero-order valence-corrected chi connectivity index (χ0v) is 17.7.